The first-order valence-electron chi connectivity index (χ1n) is 8.25. The van der Waals surface area contributed by atoms with E-state index in [2.05, 4.69) is 4.90 Å². The van der Waals surface area contributed by atoms with Crippen molar-refractivity contribution < 1.29 is 17.9 Å². The molecule has 0 unspecified atom stereocenters. The second-order valence-corrected chi connectivity index (χ2v) is 8.97. The average molecular weight is 358 g/mol. The molecular formula is C18H31NO4S. The highest BCUT2D eigenvalue weighted by Crippen LogP contribution is 2.29. The number of nitrogens with zero attached hydrogens (tertiary/aromatic N) is 1. The molecule has 1 aromatic carbocycles. The smallest absolute Gasteiger partial charge is 0.179 e. The summed E-state index contributed by atoms with van der Waals surface area (Å²) >= 11 is 0. The summed E-state index contributed by atoms with van der Waals surface area (Å²) in [7, 11) is -0.0552. The standard InChI is InChI=1S/C18H31NO4S/c1-18(2,3)16-8-6-7-9-17(16)24(20,21)15-12-19(10-13-22-4)11-14-23-5/h6-9H,10-15H2,1-5H3. The summed E-state index contributed by atoms with van der Waals surface area (Å²) in [4.78, 5) is 2.50. The van der Waals surface area contributed by atoms with Crippen LogP contribution in [-0.2, 0) is 24.7 Å². The Labute approximate surface area is 146 Å². The second-order valence-electron chi connectivity index (χ2n) is 6.89. The summed E-state index contributed by atoms with van der Waals surface area (Å²) in [5, 5.41) is 0. The maximum absolute atomic E-state index is 12.9. The van der Waals surface area contributed by atoms with E-state index in [1.54, 1.807) is 26.4 Å². The van der Waals surface area contributed by atoms with Crippen LogP contribution >= 0.6 is 0 Å². The van der Waals surface area contributed by atoms with Crippen LogP contribution in [0.25, 0.3) is 0 Å². The Morgan fingerprint density at radius 2 is 1.50 bits per heavy atom. The van der Waals surface area contributed by atoms with Gasteiger partial charge in [-0.15, -0.1) is 0 Å². The largest absolute Gasteiger partial charge is 0.383 e. The Kier molecular flexibility index (Phi) is 8.36. The average Bonchev–Trinajstić information content (AvgIpc) is 2.53. The number of methoxy groups -OCH3 is 2. The molecule has 0 spiro atoms. The lowest BCUT2D eigenvalue weighted by Gasteiger charge is -2.24. The minimum Gasteiger partial charge on any atom is -0.383 e. The molecule has 6 heteroatoms. The monoisotopic (exact) mass is 357 g/mol. The van der Waals surface area contributed by atoms with Crippen LogP contribution < -0.4 is 0 Å². The van der Waals surface area contributed by atoms with Crippen LogP contribution in [0.1, 0.15) is 26.3 Å². The number of benzene rings is 1. The predicted octanol–water partition coefficient (Wildman–Crippen LogP) is 2.35. The van der Waals surface area contributed by atoms with E-state index in [1.807, 2.05) is 32.9 Å². The molecule has 5 nitrogen and oxygen atoms in total. The van der Waals surface area contributed by atoms with Crippen molar-refractivity contribution in [3.05, 3.63) is 29.8 Å². The van der Waals surface area contributed by atoms with Gasteiger partial charge >= 0.3 is 0 Å². The van der Waals surface area contributed by atoms with Crippen molar-refractivity contribution >= 4 is 9.84 Å². The highest BCUT2D eigenvalue weighted by atomic mass is 32.2. The minimum atomic E-state index is -3.34. The Balaban J connectivity index is 2.89. The van der Waals surface area contributed by atoms with Crippen LogP contribution in [0.3, 0.4) is 0 Å². The molecular weight excluding hydrogens is 326 g/mol. The topological polar surface area (TPSA) is 55.8 Å². The van der Waals surface area contributed by atoms with Gasteiger partial charge in [0, 0.05) is 33.9 Å². The number of rotatable bonds is 10. The fourth-order valence-electron chi connectivity index (χ4n) is 2.49. The number of hydrogen-bond acceptors (Lipinski definition) is 5. The van der Waals surface area contributed by atoms with Crippen molar-refractivity contribution in [2.24, 2.45) is 0 Å². The first-order chi connectivity index (χ1) is 11.2. The van der Waals surface area contributed by atoms with Gasteiger partial charge in [-0.25, -0.2) is 8.42 Å². The molecule has 0 aliphatic heterocycles. The van der Waals surface area contributed by atoms with Gasteiger partial charge in [0.2, 0.25) is 0 Å². The van der Waals surface area contributed by atoms with Crippen LogP contribution in [0.2, 0.25) is 0 Å². The van der Waals surface area contributed by atoms with E-state index in [1.165, 1.54) is 0 Å². The lowest BCUT2D eigenvalue weighted by Crippen LogP contribution is -2.35. The highest BCUT2D eigenvalue weighted by molar-refractivity contribution is 7.91. The van der Waals surface area contributed by atoms with Crippen molar-refractivity contribution in [2.45, 2.75) is 31.1 Å². The second kappa shape index (κ2) is 9.51. The molecule has 24 heavy (non-hydrogen) atoms. The van der Waals surface area contributed by atoms with Gasteiger partial charge in [-0.05, 0) is 17.0 Å². The Bertz CT molecular complexity index is 585. The third-order valence-corrected chi connectivity index (χ3v) is 5.68. The lowest BCUT2D eigenvalue weighted by molar-refractivity contribution is 0.118. The zero-order chi connectivity index (χ0) is 18.2. The zero-order valence-corrected chi connectivity index (χ0v) is 16.4. The number of ether oxygens (including phenoxy) is 2. The third kappa shape index (κ3) is 6.51. The fraction of sp³-hybridized carbons (Fsp3) is 0.667. The van der Waals surface area contributed by atoms with Crippen molar-refractivity contribution in [2.75, 3.05) is 52.8 Å². The summed E-state index contributed by atoms with van der Waals surface area (Å²) in [6.45, 7) is 9.09. The molecule has 0 saturated carbocycles. The Morgan fingerprint density at radius 3 is 2.00 bits per heavy atom. The molecule has 0 atom stereocenters. The quantitative estimate of drug-likeness (QED) is 0.643. The van der Waals surface area contributed by atoms with Crippen LogP contribution in [0.15, 0.2) is 29.2 Å². The van der Waals surface area contributed by atoms with E-state index in [9.17, 15) is 8.42 Å². The summed E-state index contributed by atoms with van der Waals surface area (Å²) < 4.78 is 35.9. The summed E-state index contributed by atoms with van der Waals surface area (Å²) in [6, 6.07) is 7.30. The van der Waals surface area contributed by atoms with Crippen molar-refractivity contribution in [1.29, 1.82) is 0 Å². The van der Waals surface area contributed by atoms with E-state index in [4.69, 9.17) is 9.47 Å². The molecule has 1 aromatic rings. The Hall–Kier alpha value is -0.950. The molecule has 138 valence electrons. The van der Waals surface area contributed by atoms with Gasteiger partial charge in [-0.1, -0.05) is 39.0 Å². The number of sulfone groups is 1. The van der Waals surface area contributed by atoms with Gasteiger partial charge in [0.25, 0.3) is 0 Å². The first-order valence-corrected chi connectivity index (χ1v) is 9.90. The van der Waals surface area contributed by atoms with Crippen molar-refractivity contribution in [1.82, 2.24) is 4.90 Å². The van der Waals surface area contributed by atoms with E-state index in [-0.39, 0.29) is 11.2 Å². The summed E-state index contributed by atoms with van der Waals surface area (Å²) in [6.07, 6.45) is 0. The van der Waals surface area contributed by atoms with Crippen molar-refractivity contribution in [3.63, 3.8) is 0 Å². The van der Waals surface area contributed by atoms with Crippen LogP contribution in [0.5, 0.6) is 0 Å². The van der Waals surface area contributed by atoms with Gasteiger partial charge in [-0.2, -0.15) is 0 Å². The van der Waals surface area contributed by atoms with Gasteiger partial charge in [0.1, 0.15) is 0 Å². The maximum Gasteiger partial charge on any atom is 0.179 e. The summed E-state index contributed by atoms with van der Waals surface area (Å²) in [5.41, 5.74) is 0.653. The Morgan fingerprint density at radius 1 is 0.958 bits per heavy atom. The molecule has 0 amide bonds. The predicted molar refractivity (Wildman–Crippen MR) is 97.4 cm³/mol. The lowest BCUT2D eigenvalue weighted by atomic mass is 9.87. The molecule has 0 aliphatic carbocycles. The molecule has 1 rings (SSSR count). The van der Waals surface area contributed by atoms with Gasteiger partial charge in [-0.3, -0.25) is 4.90 Å². The SMILES string of the molecule is COCCN(CCOC)CCS(=O)(=O)c1ccccc1C(C)(C)C. The van der Waals surface area contributed by atoms with Crippen LogP contribution in [-0.4, -0.2) is 66.1 Å². The summed E-state index contributed by atoms with van der Waals surface area (Å²) in [5.74, 6) is 0.0908. The fourth-order valence-corrected chi connectivity index (χ4v) is 4.21. The highest BCUT2D eigenvalue weighted by Gasteiger charge is 2.25. The van der Waals surface area contributed by atoms with Gasteiger partial charge in [0.05, 0.1) is 23.9 Å². The molecule has 0 aromatic heterocycles. The van der Waals surface area contributed by atoms with E-state index in [0.29, 0.717) is 37.7 Å². The van der Waals surface area contributed by atoms with E-state index >= 15 is 0 Å². The molecule has 0 radical (unpaired) electrons. The first kappa shape index (κ1) is 21.1. The van der Waals surface area contributed by atoms with Crippen molar-refractivity contribution in [3.8, 4) is 0 Å². The molecule has 0 N–H and O–H groups in total. The van der Waals surface area contributed by atoms with Gasteiger partial charge in [0.15, 0.2) is 9.84 Å². The third-order valence-electron chi connectivity index (χ3n) is 3.93. The zero-order valence-electron chi connectivity index (χ0n) is 15.5. The van der Waals surface area contributed by atoms with Crippen LogP contribution in [0.4, 0.5) is 0 Å². The maximum atomic E-state index is 12.9. The molecule has 0 saturated heterocycles. The number of hydrogen-bond donors (Lipinski definition) is 0. The molecule has 0 aliphatic rings. The molecule has 0 heterocycles. The van der Waals surface area contributed by atoms with Gasteiger partial charge < -0.3 is 9.47 Å². The molecule has 0 bridgehead atoms. The molecule has 0 fully saturated rings. The normalized spacial score (nSPS) is 12.8. The van der Waals surface area contributed by atoms with E-state index < -0.39 is 9.84 Å². The van der Waals surface area contributed by atoms with Crippen LogP contribution in [0, 0.1) is 0 Å². The van der Waals surface area contributed by atoms with E-state index in [0.717, 1.165) is 5.56 Å². The minimum absolute atomic E-state index is 0.0908.